The number of anilines is 1. The average molecular weight is 378 g/mol. The average Bonchev–Trinajstić information content (AvgIpc) is 2.64. The van der Waals surface area contributed by atoms with Gasteiger partial charge in [0.1, 0.15) is 10.7 Å². The van der Waals surface area contributed by atoms with E-state index in [0.29, 0.717) is 5.56 Å². The number of amides is 1. The van der Waals surface area contributed by atoms with Gasteiger partial charge in [0.15, 0.2) is 0 Å². The summed E-state index contributed by atoms with van der Waals surface area (Å²) in [5.74, 6) is -1.25. The molecule has 0 aromatic heterocycles. The number of morpholine rings is 1. The molecule has 0 radical (unpaired) electrons. The van der Waals surface area contributed by atoms with Crippen LogP contribution in [0.2, 0.25) is 0 Å². The van der Waals surface area contributed by atoms with Crippen molar-refractivity contribution in [2.24, 2.45) is 0 Å². The van der Waals surface area contributed by atoms with Gasteiger partial charge in [-0.2, -0.15) is 4.31 Å². The van der Waals surface area contributed by atoms with Gasteiger partial charge in [-0.3, -0.25) is 4.79 Å². The quantitative estimate of drug-likeness (QED) is 0.887. The molecule has 1 fully saturated rings. The molecule has 1 amide bonds. The number of benzene rings is 2. The summed E-state index contributed by atoms with van der Waals surface area (Å²) >= 11 is 0. The Balaban J connectivity index is 1.85. The van der Waals surface area contributed by atoms with E-state index in [-0.39, 0.29) is 32.0 Å². The van der Waals surface area contributed by atoms with Gasteiger partial charge in [-0.05, 0) is 37.3 Å². The Morgan fingerprint density at radius 1 is 1.12 bits per heavy atom. The molecule has 2 aromatic rings. The van der Waals surface area contributed by atoms with Crippen molar-refractivity contribution in [2.75, 3.05) is 31.6 Å². The molecular formula is C18H19FN2O4S. The van der Waals surface area contributed by atoms with Crippen molar-refractivity contribution in [1.82, 2.24) is 4.31 Å². The minimum absolute atomic E-state index is 0.168. The van der Waals surface area contributed by atoms with Crippen LogP contribution in [-0.4, -0.2) is 44.9 Å². The molecule has 1 saturated heterocycles. The van der Waals surface area contributed by atoms with Gasteiger partial charge in [-0.15, -0.1) is 0 Å². The van der Waals surface area contributed by atoms with Crippen LogP contribution in [0.15, 0.2) is 47.4 Å². The second kappa shape index (κ2) is 7.53. The van der Waals surface area contributed by atoms with E-state index in [0.717, 1.165) is 17.7 Å². The molecular weight excluding hydrogens is 359 g/mol. The van der Waals surface area contributed by atoms with E-state index in [1.807, 2.05) is 6.92 Å². The van der Waals surface area contributed by atoms with Crippen LogP contribution in [0.1, 0.15) is 15.9 Å². The van der Waals surface area contributed by atoms with Gasteiger partial charge in [0.05, 0.1) is 13.2 Å². The lowest BCUT2D eigenvalue weighted by Gasteiger charge is -2.26. The van der Waals surface area contributed by atoms with Gasteiger partial charge < -0.3 is 10.1 Å². The van der Waals surface area contributed by atoms with E-state index in [4.69, 9.17) is 4.74 Å². The molecule has 0 atom stereocenters. The number of carbonyl (C=O) groups excluding carboxylic acids is 1. The predicted molar refractivity (Wildman–Crippen MR) is 95.1 cm³/mol. The van der Waals surface area contributed by atoms with Crippen LogP contribution in [0.25, 0.3) is 0 Å². The number of nitrogens with one attached hydrogen (secondary N) is 1. The van der Waals surface area contributed by atoms with Crippen LogP contribution < -0.4 is 5.32 Å². The van der Waals surface area contributed by atoms with Gasteiger partial charge in [0.2, 0.25) is 10.0 Å². The van der Waals surface area contributed by atoms with Crippen molar-refractivity contribution in [3.05, 3.63) is 59.4 Å². The number of nitrogens with zero attached hydrogens (tertiary/aromatic N) is 1. The minimum Gasteiger partial charge on any atom is -0.379 e. The molecule has 0 unspecified atom stereocenters. The third-order valence-corrected chi connectivity index (χ3v) is 6.00. The first-order valence-electron chi connectivity index (χ1n) is 8.13. The molecule has 1 aliphatic rings. The molecule has 6 nitrogen and oxygen atoms in total. The standard InChI is InChI=1S/C18H19FN2O4S/c1-13-2-4-14(5-3-13)18(22)20-15-6-7-16(19)17(12-15)26(23,24)21-8-10-25-11-9-21/h2-7,12H,8-11H2,1H3,(H,20,22). The highest BCUT2D eigenvalue weighted by Gasteiger charge is 2.29. The molecule has 1 heterocycles. The molecule has 26 heavy (non-hydrogen) atoms. The van der Waals surface area contributed by atoms with Crippen LogP contribution in [0.4, 0.5) is 10.1 Å². The van der Waals surface area contributed by atoms with Gasteiger partial charge in [-0.25, -0.2) is 12.8 Å². The van der Waals surface area contributed by atoms with E-state index in [2.05, 4.69) is 5.32 Å². The lowest BCUT2D eigenvalue weighted by Crippen LogP contribution is -2.40. The monoisotopic (exact) mass is 378 g/mol. The Bertz CT molecular complexity index is 907. The van der Waals surface area contributed by atoms with Crippen molar-refractivity contribution in [3.8, 4) is 0 Å². The molecule has 3 rings (SSSR count). The number of ether oxygens (including phenoxy) is 1. The number of sulfonamides is 1. The lowest BCUT2D eigenvalue weighted by molar-refractivity contribution is 0.0729. The summed E-state index contributed by atoms with van der Waals surface area (Å²) in [5, 5.41) is 2.61. The van der Waals surface area contributed by atoms with Crippen LogP contribution in [0.3, 0.4) is 0 Å². The SMILES string of the molecule is Cc1ccc(C(=O)Nc2ccc(F)c(S(=O)(=O)N3CCOCC3)c2)cc1. The molecule has 2 aromatic carbocycles. The smallest absolute Gasteiger partial charge is 0.255 e. The largest absolute Gasteiger partial charge is 0.379 e. The second-order valence-corrected chi connectivity index (χ2v) is 7.89. The van der Waals surface area contributed by atoms with E-state index < -0.39 is 26.6 Å². The lowest BCUT2D eigenvalue weighted by atomic mass is 10.1. The Kier molecular flexibility index (Phi) is 5.36. The summed E-state index contributed by atoms with van der Waals surface area (Å²) in [7, 11) is -3.99. The Morgan fingerprint density at radius 3 is 2.42 bits per heavy atom. The van der Waals surface area contributed by atoms with Crippen LogP contribution >= 0.6 is 0 Å². The summed E-state index contributed by atoms with van der Waals surface area (Å²) in [6, 6.07) is 10.4. The summed E-state index contributed by atoms with van der Waals surface area (Å²) in [6.45, 7) is 2.78. The van der Waals surface area contributed by atoms with E-state index >= 15 is 0 Å². The fourth-order valence-corrected chi connectivity index (χ4v) is 4.11. The highest BCUT2D eigenvalue weighted by atomic mass is 32.2. The highest BCUT2D eigenvalue weighted by Crippen LogP contribution is 2.24. The number of hydrogen-bond donors (Lipinski definition) is 1. The zero-order chi connectivity index (χ0) is 18.7. The van der Waals surface area contributed by atoms with E-state index in [1.165, 1.54) is 10.4 Å². The summed E-state index contributed by atoms with van der Waals surface area (Å²) in [6.07, 6.45) is 0. The maximum Gasteiger partial charge on any atom is 0.255 e. The van der Waals surface area contributed by atoms with Crippen molar-refractivity contribution in [3.63, 3.8) is 0 Å². The normalized spacial score (nSPS) is 15.6. The summed E-state index contributed by atoms with van der Waals surface area (Å²) in [4.78, 5) is 11.8. The summed E-state index contributed by atoms with van der Waals surface area (Å²) in [5.41, 5.74) is 1.66. The second-order valence-electron chi connectivity index (χ2n) is 5.98. The number of hydrogen-bond acceptors (Lipinski definition) is 4. The zero-order valence-electron chi connectivity index (χ0n) is 14.2. The van der Waals surface area contributed by atoms with Crippen molar-refractivity contribution in [2.45, 2.75) is 11.8 Å². The topological polar surface area (TPSA) is 75.7 Å². The molecule has 1 aliphatic heterocycles. The Labute approximate surface area is 151 Å². The van der Waals surface area contributed by atoms with E-state index in [1.54, 1.807) is 24.3 Å². The Hall–Kier alpha value is -2.29. The number of rotatable bonds is 4. The summed E-state index contributed by atoms with van der Waals surface area (Å²) < 4.78 is 45.8. The third-order valence-electron chi connectivity index (χ3n) is 4.09. The molecule has 0 bridgehead atoms. The molecule has 138 valence electrons. The third kappa shape index (κ3) is 3.92. The fourth-order valence-electron chi connectivity index (χ4n) is 2.61. The first kappa shape index (κ1) is 18.5. The first-order chi connectivity index (χ1) is 12.4. The first-order valence-corrected chi connectivity index (χ1v) is 9.57. The van der Waals surface area contributed by atoms with Gasteiger partial charge in [0.25, 0.3) is 5.91 Å². The molecule has 0 saturated carbocycles. The maximum absolute atomic E-state index is 14.2. The maximum atomic E-state index is 14.2. The van der Waals surface area contributed by atoms with Crippen molar-refractivity contribution >= 4 is 21.6 Å². The fraction of sp³-hybridized carbons (Fsp3) is 0.278. The van der Waals surface area contributed by atoms with Crippen LogP contribution in [-0.2, 0) is 14.8 Å². The molecule has 1 N–H and O–H groups in total. The Morgan fingerprint density at radius 2 is 1.77 bits per heavy atom. The highest BCUT2D eigenvalue weighted by molar-refractivity contribution is 7.89. The number of halogens is 1. The van der Waals surface area contributed by atoms with Crippen molar-refractivity contribution in [1.29, 1.82) is 0 Å². The molecule has 0 spiro atoms. The number of aryl methyl sites for hydroxylation is 1. The van der Waals surface area contributed by atoms with Crippen molar-refractivity contribution < 1.29 is 22.3 Å². The molecule has 8 heteroatoms. The van der Waals surface area contributed by atoms with Gasteiger partial charge in [0, 0.05) is 24.3 Å². The predicted octanol–water partition coefficient (Wildman–Crippen LogP) is 2.41. The van der Waals surface area contributed by atoms with Gasteiger partial charge in [-0.1, -0.05) is 17.7 Å². The zero-order valence-corrected chi connectivity index (χ0v) is 15.1. The number of carbonyl (C=O) groups is 1. The molecule has 0 aliphatic carbocycles. The van der Waals surface area contributed by atoms with Crippen LogP contribution in [0.5, 0.6) is 0 Å². The van der Waals surface area contributed by atoms with E-state index in [9.17, 15) is 17.6 Å². The minimum atomic E-state index is -3.99. The van der Waals surface area contributed by atoms with Gasteiger partial charge >= 0.3 is 0 Å². The van der Waals surface area contributed by atoms with Crippen LogP contribution in [0, 0.1) is 12.7 Å².